The zero-order valence-electron chi connectivity index (χ0n) is 11.8. The highest BCUT2D eigenvalue weighted by Gasteiger charge is 2.42. The van der Waals surface area contributed by atoms with E-state index in [1.165, 1.54) is 19.2 Å². The first-order chi connectivity index (χ1) is 9.86. The maximum absolute atomic E-state index is 13.7. The molecule has 6 nitrogen and oxygen atoms in total. The Labute approximate surface area is 120 Å². The number of hydrogen-bond acceptors (Lipinski definition) is 4. The Bertz CT molecular complexity index is 615. The Morgan fingerprint density at radius 1 is 1.29 bits per heavy atom. The Hall–Kier alpha value is -2.44. The molecule has 1 unspecified atom stereocenters. The number of ether oxygens (including phenoxy) is 1. The third-order valence-electron chi connectivity index (χ3n) is 3.26. The number of hydrogen-bond donors (Lipinski definition) is 1. The first kappa shape index (κ1) is 15.0. The number of nitrogens with zero attached hydrogens (tertiary/aromatic N) is 1. The molecule has 1 aliphatic heterocycles. The number of anilines is 1. The van der Waals surface area contributed by atoms with Gasteiger partial charge in [-0.1, -0.05) is 13.8 Å². The highest BCUT2D eigenvalue weighted by Crippen LogP contribution is 2.28. The van der Waals surface area contributed by atoms with E-state index in [-0.39, 0.29) is 17.4 Å². The molecule has 21 heavy (non-hydrogen) atoms. The van der Waals surface area contributed by atoms with Crippen LogP contribution in [0.15, 0.2) is 18.2 Å². The number of halogens is 1. The summed E-state index contributed by atoms with van der Waals surface area (Å²) in [6.45, 7) is 3.40. The second-order valence-corrected chi connectivity index (χ2v) is 5.01. The average Bonchev–Trinajstić information content (AvgIpc) is 2.37. The lowest BCUT2D eigenvalue weighted by Gasteiger charge is -2.31. The number of imide groups is 2. The third-order valence-corrected chi connectivity index (χ3v) is 3.26. The van der Waals surface area contributed by atoms with Crippen LogP contribution in [0.5, 0.6) is 5.75 Å². The van der Waals surface area contributed by atoms with Gasteiger partial charge in [0.25, 0.3) is 0 Å². The second kappa shape index (κ2) is 5.51. The van der Waals surface area contributed by atoms with E-state index in [0.29, 0.717) is 0 Å². The van der Waals surface area contributed by atoms with Gasteiger partial charge in [-0.2, -0.15) is 0 Å². The van der Waals surface area contributed by atoms with Crippen LogP contribution < -0.4 is 15.0 Å². The van der Waals surface area contributed by atoms with Gasteiger partial charge in [0.2, 0.25) is 11.8 Å². The molecular weight excluding hydrogens is 279 g/mol. The van der Waals surface area contributed by atoms with Crippen LogP contribution in [0.2, 0.25) is 0 Å². The van der Waals surface area contributed by atoms with Crippen LogP contribution in [-0.2, 0) is 9.59 Å². The van der Waals surface area contributed by atoms with Crippen molar-refractivity contribution in [3.05, 3.63) is 24.0 Å². The minimum atomic E-state index is -0.979. The Kier molecular flexibility index (Phi) is 3.93. The predicted molar refractivity (Wildman–Crippen MR) is 72.3 cm³/mol. The molecule has 0 spiro atoms. The summed E-state index contributed by atoms with van der Waals surface area (Å²) >= 11 is 0. The zero-order chi connectivity index (χ0) is 15.7. The summed E-state index contributed by atoms with van der Waals surface area (Å²) in [6, 6.07) is 2.83. The topological polar surface area (TPSA) is 75.7 Å². The van der Waals surface area contributed by atoms with Crippen molar-refractivity contribution in [2.75, 3.05) is 12.0 Å². The molecule has 0 saturated carbocycles. The monoisotopic (exact) mass is 294 g/mol. The minimum Gasteiger partial charge on any atom is -0.494 e. The number of carbonyl (C=O) groups excluding carboxylic acids is 3. The lowest BCUT2D eigenvalue weighted by atomic mass is 9.92. The van der Waals surface area contributed by atoms with E-state index in [1.807, 2.05) is 0 Å². The van der Waals surface area contributed by atoms with Gasteiger partial charge in [0.1, 0.15) is 5.92 Å². The highest BCUT2D eigenvalue weighted by atomic mass is 19.1. The standard InChI is InChI=1S/C14H15FN2O4/c1-7(2)11-12(18)16-14(20)17(13(11)19)8-4-5-10(21-3)9(15)6-8/h4-7,11H,1-3H3,(H,16,18,20). The van der Waals surface area contributed by atoms with Crippen molar-refractivity contribution < 1.29 is 23.5 Å². The van der Waals surface area contributed by atoms with E-state index in [0.717, 1.165) is 11.0 Å². The first-order valence-electron chi connectivity index (χ1n) is 6.39. The van der Waals surface area contributed by atoms with Crippen molar-refractivity contribution in [1.29, 1.82) is 0 Å². The van der Waals surface area contributed by atoms with E-state index in [4.69, 9.17) is 4.74 Å². The maximum Gasteiger partial charge on any atom is 0.335 e. The molecule has 1 aromatic rings. The largest absolute Gasteiger partial charge is 0.494 e. The number of methoxy groups -OCH3 is 1. The first-order valence-corrected chi connectivity index (χ1v) is 6.39. The summed E-state index contributed by atoms with van der Waals surface area (Å²) in [5.74, 6) is -3.26. The SMILES string of the molecule is COc1ccc(N2C(=O)NC(=O)C(C(C)C)C2=O)cc1F. The van der Waals surface area contributed by atoms with Crippen LogP contribution in [-0.4, -0.2) is 25.0 Å². The molecule has 0 bridgehead atoms. The summed E-state index contributed by atoms with van der Waals surface area (Å²) in [7, 11) is 1.31. The number of rotatable bonds is 3. The van der Waals surface area contributed by atoms with Crippen molar-refractivity contribution >= 4 is 23.5 Å². The molecule has 0 aromatic heterocycles. The molecule has 1 saturated heterocycles. The Morgan fingerprint density at radius 3 is 2.48 bits per heavy atom. The summed E-state index contributed by atoms with van der Waals surface area (Å²) in [5.41, 5.74) is 0.0500. The number of barbiturate groups is 1. The quantitative estimate of drug-likeness (QED) is 0.861. The van der Waals surface area contributed by atoms with Crippen LogP contribution in [0.4, 0.5) is 14.9 Å². The van der Waals surface area contributed by atoms with Crippen molar-refractivity contribution in [3.8, 4) is 5.75 Å². The number of benzene rings is 1. The average molecular weight is 294 g/mol. The second-order valence-electron chi connectivity index (χ2n) is 5.01. The summed E-state index contributed by atoms with van der Waals surface area (Å²) in [5, 5.41) is 2.11. The number of nitrogens with one attached hydrogen (secondary N) is 1. The third kappa shape index (κ3) is 2.58. The van der Waals surface area contributed by atoms with Gasteiger partial charge < -0.3 is 4.74 Å². The summed E-state index contributed by atoms with van der Waals surface area (Å²) < 4.78 is 18.5. The predicted octanol–water partition coefficient (Wildman–Crippen LogP) is 1.69. The molecule has 1 aromatic carbocycles. The molecule has 4 amide bonds. The van der Waals surface area contributed by atoms with Gasteiger partial charge in [0.15, 0.2) is 11.6 Å². The zero-order valence-corrected chi connectivity index (χ0v) is 11.8. The van der Waals surface area contributed by atoms with Gasteiger partial charge in [-0.15, -0.1) is 0 Å². The minimum absolute atomic E-state index is 0.0000950. The molecule has 1 aliphatic rings. The molecule has 0 aliphatic carbocycles. The molecule has 112 valence electrons. The summed E-state index contributed by atoms with van der Waals surface area (Å²) in [4.78, 5) is 36.7. The van der Waals surface area contributed by atoms with Crippen LogP contribution >= 0.6 is 0 Å². The van der Waals surface area contributed by atoms with Crippen LogP contribution in [0.3, 0.4) is 0 Å². The van der Waals surface area contributed by atoms with E-state index in [2.05, 4.69) is 5.32 Å². The van der Waals surface area contributed by atoms with Gasteiger partial charge in [-0.05, 0) is 18.1 Å². The molecule has 0 radical (unpaired) electrons. The van der Waals surface area contributed by atoms with Crippen molar-refractivity contribution in [2.24, 2.45) is 11.8 Å². The van der Waals surface area contributed by atoms with Gasteiger partial charge in [-0.3, -0.25) is 14.9 Å². The number of carbonyl (C=O) groups is 3. The van der Waals surface area contributed by atoms with Crippen molar-refractivity contribution in [2.45, 2.75) is 13.8 Å². The van der Waals surface area contributed by atoms with E-state index >= 15 is 0 Å². The highest BCUT2D eigenvalue weighted by molar-refractivity contribution is 6.27. The lowest BCUT2D eigenvalue weighted by molar-refractivity contribution is -0.136. The fourth-order valence-corrected chi connectivity index (χ4v) is 2.22. The molecular formula is C14H15FN2O4. The number of amides is 4. The summed E-state index contributed by atoms with van der Waals surface area (Å²) in [6.07, 6.45) is 0. The van der Waals surface area contributed by atoms with Crippen LogP contribution in [0.25, 0.3) is 0 Å². The van der Waals surface area contributed by atoms with Crippen LogP contribution in [0.1, 0.15) is 13.8 Å². The van der Waals surface area contributed by atoms with Gasteiger partial charge >= 0.3 is 6.03 Å². The molecule has 1 N–H and O–H groups in total. The molecule has 1 heterocycles. The van der Waals surface area contributed by atoms with Gasteiger partial charge in [0.05, 0.1) is 12.8 Å². The van der Waals surface area contributed by atoms with Crippen molar-refractivity contribution in [3.63, 3.8) is 0 Å². The Balaban J connectivity index is 2.42. The van der Waals surface area contributed by atoms with E-state index in [1.54, 1.807) is 13.8 Å². The fourth-order valence-electron chi connectivity index (χ4n) is 2.22. The van der Waals surface area contributed by atoms with E-state index in [9.17, 15) is 18.8 Å². The molecule has 1 atom stereocenters. The van der Waals surface area contributed by atoms with Crippen molar-refractivity contribution in [1.82, 2.24) is 5.32 Å². The van der Waals surface area contributed by atoms with Gasteiger partial charge in [-0.25, -0.2) is 14.1 Å². The normalized spacial score (nSPS) is 19.0. The number of urea groups is 1. The molecule has 1 fully saturated rings. The smallest absolute Gasteiger partial charge is 0.335 e. The van der Waals surface area contributed by atoms with Gasteiger partial charge in [0, 0.05) is 6.07 Å². The maximum atomic E-state index is 13.7. The van der Waals surface area contributed by atoms with E-state index < -0.39 is 29.6 Å². The molecule has 2 rings (SSSR count). The molecule has 7 heteroatoms. The lowest BCUT2D eigenvalue weighted by Crippen LogP contribution is -2.59. The fraction of sp³-hybridized carbons (Fsp3) is 0.357. The Morgan fingerprint density at radius 2 is 1.95 bits per heavy atom. The van der Waals surface area contributed by atoms with Crippen LogP contribution in [0, 0.1) is 17.7 Å².